The minimum Gasteiger partial charge on any atom is -0.295 e. The number of anilines is 2. The molecule has 0 saturated carbocycles. The summed E-state index contributed by atoms with van der Waals surface area (Å²) >= 11 is 9.21. The van der Waals surface area contributed by atoms with Gasteiger partial charge in [0.25, 0.3) is 0 Å². The van der Waals surface area contributed by atoms with Crippen molar-refractivity contribution in [3.63, 3.8) is 0 Å². The predicted molar refractivity (Wildman–Crippen MR) is 129 cm³/mol. The molecule has 2 aromatic heterocycles. The van der Waals surface area contributed by atoms with Crippen molar-refractivity contribution in [3.05, 3.63) is 82.6 Å². The van der Waals surface area contributed by atoms with Gasteiger partial charge in [-0.15, -0.1) is 11.3 Å². The Morgan fingerprint density at radius 2 is 2.06 bits per heavy atom. The van der Waals surface area contributed by atoms with Gasteiger partial charge in [0.2, 0.25) is 5.91 Å². The first kappa shape index (κ1) is 21.6. The molecule has 0 saturated heterocycles. The number of aryl methyl sites for hydroxylation is 1. The normalized spacial score (nSPS) is 10.9. The number of hydrogen-bond acceptors (Lipinski definition) is 5. The van der Waals surface area contributed by atoms with E-state index in [2.05, 4.69) is 11.9 Å². The molecule has 0 N–H and O–H groups in total. The Kier molecular flexibility index (Phi) is 6.75. The number of halogens is 1. The minimum absolute atomic E-state index is 0.0500. The van der Waals surface area contributed by atoms with E-state index < -0.39 is 0 Å². The van der Waals surface area contributed by atoms with Crippen molar-refractivity contribution in [2.75, 3.05) is 4.90 Å². The third kappa shape index (κ3) is 4.84. The number of carbonyl (C=O) groups is 1. The van der Waals surface area contributed by atoms with Crippen molar-refractivity contribution in [2.24, 2.45) is 0 Å². The maximum absolute atomic E-state index is 12.5. The van der Waals surface area contributed by atoms with Crippen LogP contribution < -0.4 is 4.90 Å². The summed E-state index contributed by atoms with van der Waals surface area (Å²) in [4.78, 5) is 23.4. The third-order valence-electron chi connectivity index (χ3n) is 4.70. The van der Waals surface area contributed by atoms with Crippen LogP contribution >= 0.6 is 34.7 Å². The molecule has 8 heteroatoms. The minimum atomic E-state index is -0.0500. The lowest BCUT2D eigenvalue weighted by atomic mass is 10.1. The zero-order valence-corrected chi connectivity index (χ0v) is 19.5. The van der Waals surface area contributed by atoms with Gasteiger partial charge in [0.15, 0.2) is 10.3 Å². The fraction of sp³-hybridized carbons (Fsp3) is 0.174. The SMILES string of the molecule is CCc1ccccc1N(C(C)=O)c1nc(CSc2nccn2-c2cccc(Cl)c2)cs1. The lowest BCUT2D eigenvalue weighted by Gasteiger charge is -2.20. The second-order valence-corrected chi connectivity index (χ2v) is 9.02. The van der Waals surface area contributed by atoms with Crippen molar-refractivity contribution in [3.8, 4) is 5.69 Å². The number of nitrogens with zero attached hydrogens (tertiary/aromatic N) is 4. The number of carbonyl (C=O) groups excluding carboxylic acids is 1. The Labute approximate surface area is 194 Å². The molecule has 0 aliphatic heterocycles. The molecular formula is C23H21ClN4OS2. The summed E-state index contributed by atoms with van der Waals surface area (Å²) in [5.74, 6) is 0.598. The number of benzene rings is 2. The maximum atomic E-state index is 12.5. The second kappa shape index (κ2) is 9.68. The van der Waals surface area contributed by atoms with Crippen LogP contribution in [-0.2, 0) is 17.0 Å². The van der Waals surface area contributed by atoms with E-state index in [0.717, 1.165) is 34.2 Å². The molecule has 0 aliphatic rings. The van der Waals surface area contributed by atoms with Crippen molar-refractivity contribution in [2.45, 2.75) is 31.2 Å². The Morgan fingerprint density at radius 3 is 2.84 bits per heavy atom. The van der Waals surface area contributed by atoms with Crippen LogP contribution in [0.25, 0.3) is 5.69 Å². The van der Waals surface area contributed by atoms with Gasteiger partial charge in [0.05, 0.1) is 11.4 Å². The summed E-state index contributed by atoms with van der Waals surface area (Å²) in [5, 5.41) is 4.22. The summed E-state index contributed by atoms with van der Waals surface area (Å²) < 4.78 is 2.00. The number of thioether (sulfide) groups is 1. The smallest absolute Gasteiger partial charge is 0.230 e. The molecule has 2 aromatic carbocycles. The maximum Gasteiger partial charge on any atom is 0.230 e. The van der Waals surface area contributed by atoms with Crippen LogP contribution in [-0.4, -0.2) is 20.4 Å². The molecule has 0 atom stereocenters. The number of amides is 1. The van der Waals surface area contributed by atoms with Gasteiger partial charge in [-0.3, -0.25) is 14.3 Å². The van der Waals surface area contributed by atoms with Gasteiger partial charge in [0.1, 0.15) is 0 Å². The van der Waals surface area contributed by atoms with E-state index in [1.54, 1.807) is 29.8 Å². The van der Waals surface area contributed by atoms with Crippen LogP contribution in [0.1, 0.15) is 25.1 Å². The highest BCUT2D eigenvalue weighted by molar-refractivity contribution is 7.98. The topological polar surface area (TPSA) is 51.0 Å². The standard InChI is InChI=1S/C23H21ClN4OS2/c1-3-17-7-4-5-10-21(17)28(16(2)29)23-26-19(15-31-23)14-30-22-25-11-12-27(22)20-9-6-8-18(24)13-20/h4-13,15H,3,14H2,1-2H3. The Balaban J connectivity index is 1.54. The molecule has 0 unspecified atom stereocenters. The summed E-state index contributed by atoms with van der Waals surface area (Å²) in [6.45, 7) is 3.66. The van der Waals surface area contributed by atoms with Crippen LogP contribution in [0.4, 0.5) is 10.8 Å². The fourth-order valence-corrected chi connectivity index (χ4v) is 5.29. The van der Waals surface area contributed by atoms with Gasteiger partial charge < -0.3 is 0 Å². The molecule has 0 fully saturated rings. The first-order chi connectivity index (χ1) is 15.1. The van der Waals surface area contributed by atoms with Crippen molar-refractivity contribution in [1.29, 1.82) is 0 Å². The third-order valence-corrected chi connectivity index (χ3v) is 6.81. The highest BCUT2D eigenvalue weighted by Crippen LogP contribution is 2.33. The van der Waals surface area contributed by atoms with Crippen LogP contribution in [0.5, 0.6) is 0 Å². The Bertz CT molecular complexity index is 1200. The first-order valence-electron chi connectivity index (χ1n) is 9.82. The lowest BCUT2D eigenvalue weighted by Crippen LogP contribution is -2.23. The molecule has 31 heavy (non-hydrogen) atoms. The summed E-state index contributed by atoms with van der Waals surface area (Å²) in [6.07, 6.45) is 4.54. The van der Waals surface area contributed by atoms with E-state index in [0.29, 0.717) is 15.9 Å². The van der Waals surface area contributed by atoms with Crippen LogP contribution in [0.3, 0.4) is 0 Å². The molecule has 2 heterocycles. The average Bonchev–Trinajstić information content (AvgIpc) is 3.42. The highest BCUT2D eigenvalue weighted by atomic mass is 35.5. The number of para-hydroxylation sites is 1. The summed E-state index contributed by atoms with van der Waals surface area (Å²) in [5.41, 5.74) is 3.88. The molecule has 0 spiro atoms. The van der Waals surface area contributed by atoms with E-state index in [-0.39, 0.29) is 5.91 Å². The van der Waals surface area contributed by atoms with Crippen LogP contribution in [0.15, 0.2) is 71.5 Å². The lowest BCUT2D eigenvalue weighted by molar-refractivity contribution is -0.115. The van der Waals surface area contributed by atoms with E-state index in [9.17, 15) is 4.79 Å². The molecule has 158 valence electrons. The quantitative estimate of drug-likeness (QED) is 0.289. The van der Waals surface area contributed by atoms with Crippen LogP contribution in [0, 0.1) is 0 Å². The van der Waals surface area contributed by atoms with Gasteiger partial charge in [-0.1, -0.05) is 54.6 Å². The van der Waals surface area contributed by atoms with Crippen molar-refractivity contribution < 1.29 is 4.79 Å². The summed E-state index contributed by atoms with van der Waals surface area (Å²) in [7, 11) is 0. The van der Waals surface area contributed by atoms with Crippen molar-refractivity contribution in [1.82, 2.24) is 14.5 Å². The monoisotopic (exact) mass is 468 g/mol. The van der Waals surface area contributed by atoms with E-state index >= 15 is 0 Å². The molecule has 4 rings (SSSR count). The number of rotatable bonds is 7. The number of imidazole rings is 1. The zero-order chi connectivity index (χ0) is 21.8. The van der Waals surface area contributed by atoms with E-state index in [1.807, 2.05) is 64.7 Å². The van der Waals surface area contributed by atoms with Gasteiger partial charge in [-0.05, 0) is 36.2 Å². The second-order valence-electron chi connectivity index (χ2n) is 6.81. The number of aromatic nitrogens is 3. The van der Waals surface area contributed by atoms with E-state index in [1.165, 1.54) is 11.3 Å². The zero-order valence-electron chi connectivity index (χ0n) is 17.2. The molecule has 0 radical (unpaired) electrons. The van der Waals surface area contributed by atoms with Gasteiger partial charge in [-0.2, -0.15) is 0 Å². The van der Waals surface area contributed by atoms with Crippen molar-refractivity contribution >= 4 is 51.4 Å². The first-order valence-corrected chi connectivity index (χ1v) is 12.1. The van der Waals surface area contributed by atoms with Crippen LogP contribution in [0.2, 0.25) is 5.02 Å². The molecular weight excluding hydrogens is 448 g/mol. The average molecular weight is 469 g/mol. The molecule has 1 amide bonds. The van der Waals surface area contributed by atoms with Gasteiger partial charge in [0, 0.05) is 41.2 Å². The van der Waals surface area contributed by atoms with Gasteiger partial charge >= 0.3 is 0 Å². The van der Waals surface area contributed by atoms with Gasteiger partial charge in [-0.25, -0.2) is 9.97 Å². The van der Waals surface area contributed by atoms with E-state index in [4.69, 9.17) is 16.6 Å². The largest absolute Gasteiger partial charge is 0.295 e. The molecule has 0 bridgehead atoms. The Hall–Kier alpha value is -2.61. The predicted octanol–water partition coefficient (Wildman–Crippen LogP) is 6.52. The molecule has 4 aromatic rings. The Morgan fingerprint density at radius 1 is 1.23 bits per heavy atom. The fourth-order valence-electron chi connectivity index (χ4n) is 3.26. The molecule has 0 aliphatic carbocycles. The summed E-state index contributed by atoms with van der Waals surface area (Å²) in [6, 6.07) is 15.6. The molecule has 5 nitrogen and oxygen atoms in total. The number of thiazole rings is 1. The highest BCUT2D eigenvalue weighted by Gasteiger charge is 2.20. The number of hydrogen-bond donors (Lipinski definition) is 0.